The highest BCUT2D eigenvalue weighted by Crippen LogP contribution is 2.20. The highest BCUT2D eigenvalue weighted by molar-refractivity contribution is 5.95. The van der Waals surface area contributed by atoms with Crippen molar-refractivity contribution < 1.29 is 24.2 Å². The molecule has 1 aliphatic rings. The van der Waals surface area contributed by atoms with E-state index >= 15 is 0 Å². The van der Waals surface area contributed by atoms with Crippen molar-refractivity contribution in [2.24, 2.45) is 0 Å². The van der Waals surface area contributed by atoms with Gasteiger partial charge in [-0.15, -0.1) is 0 Å². The zero-order valence-electron chi connectivity index (χ0n) is 10.8. The monoisotopic (exact) mass is 272 g/mol. The van der Waals surface area contributed by atoms with Crippen molar-refractivity contribution in [3.05, 3.63) is 0 Å². The number of imide groups is 1. The van der Waals surface area contributed by atoms with Gasteiger partial charge in [0.15, 0.2) is 0 Å². The van der Waals surface area contributed by atoms with Gasteiger partial charge in [-0.3, -0.25) is 14.9 Å². The number of nitrogens with one attached hydrogen (secondary N) is 2. The van der Waals surface area contributed by atoms with Gasteiger partial charge in [0.2, 0.25) is 5.91 Å². The van der Waals surface area contributed by atoms with Crippen LogP contribution in [0.2, 0.25) is 0 Å². The summed E-state index contributed by atoms with van der Waals surface area (Å²) in [5.41, 5.74) is 0. The number of aliphatic carboxylic acids is 1. The van der Waals surface area contributed by atoms with Gasteiger partial charge in [-0.05, 0) is 12.8 Å². The van der Waals surface area contributed by atoms with Crippen LogP contribution >= 0.6 is 0 Å². The van der Waals surface area contributed by atoms with E-state index in [1.54, 1.807) is 0 Å². The van der Waals surface area contributed by atoms with Crippen molar-refractivity contribution in [3.63, 3.8) is 0 Å². The second-order valence-corrected chi connectivity index (χ2v) is 4.48. The molecular formula is C12H20N2O5. The Morgan fingerprint density at radius 2 is 1.84 bits per heavy atom. The molecule has 19 heavy (non-hydrogen) atoms. The number of urea groups is 1. The maximum absolute atomic E-state index is 11.2. The molecule has 0 spiro atoms. The fourth-order valence-electron chi connectivity index (χ4n) is 1.90. The van der Waals surface area contributed by atoms with Crippen LogP contribution in [0.3, 0.4) is 0 Å². The largest absolute Gasteiger partial charge is 0.481 e. The molecule has 0 aromatic rings. The maximum Gasteiger partial charge on any atom is 0.321 e. The Kier molecular flexibility index (Phi) is 6.88. The molecule has 1 aliphatic carbocycles. The first-order valence-corrected chi connectivity index (χ1v) is 6.49. The molecule has 3 amide bonds. The first-order chi connectivity index (χ1) is 9.08. The molecule has 1 saturated carbocycles. The zero-order valence-corrected chi connectivity index (χ0v) is 10.8. The highest BCUT2D eigenvalue weighted by Gasteiger charge is 2.15. The van der Waals surface area contributed by atoms with E-state index in [9.17, 15) is 14.4 Å². The quantitative estimate of drug-likeness (QED) is 0.590. The Morgan fingerprint density at radius 3 is 2.47 bits per heavy atom. The summed E-state index contributed by atoms with van der Waals surface area (Å²) in [5.74, 6) is -1.67. The standard InChI is InChI=1S/C12H20N2O5/c15-10(5-6-11(16)17)14-12(18)13-7-8-19-9-3-1-2-4-9/h9H,1-8H2,(H,16,17)(H2,13,14,15,18). The average Bonchev–Trinajstić information content (AvgIpc) is 2.85. The SMILES string of the molecule is O=C(O)CCC(=O)NC(=O)NCCOC1CCCC1. The lowest BCUT2D eigenvalue weighted by Gasteiger charge is -2.11. The van der Waals surface area contributed by atoms with Crippen LogP contribution < -0.4 is 10.6 Å². The Bertz CT molecular complexity index is 326. The molecule has 0 aromatic carbocycles. The Labute approximate surface area is 111 Å². The molecule has 0 saturated heterocycles. The smallest absolute Gasteiger partial charge is 0.321 e. The van der Waals surface area contributed by atoms with Crippen molar-refractivity contribution in [2.45, 2.75) is 44.6 Å². The van der Waals surface area contributed by atoms with E-state index in [-0.39, 0.29) is 12.8 Å². The normalized spacial score (nSPS) is 15.2. The van der Waals surface area contributed by atoms with Crippen molar-refractivity contribution >= 4 is 17.9 Å². The van der Waals surface area contributed by atoms with E-state index in [0.29, 0.717) is 19.3 Å². The van der Waals surface area contributed by atoms with Gasteiger partial charge in [0.1, 0.15) is 0 Å². The number of amides is 3. The molecule has 0 radical (unpaired) electrons. The van der Waals surface area contributed by atoms with Gasteiger partial charge in [0.25, 0.3) is 0 Å². The van der Waals surface area contributed by atoms with E-state index in [0.717, 1.165) is 12.8 Å². The molecule has 0 bridgehead atoms. The van der Waals surface area contributed by atoms with Crippen molar-refractivity contribution in [1.82, 2.24) is 10.6 Å². The van der Waals surface area contributed by atoms with E-state index in [2.05, 4.69) is 10.6 Å². The van der Waals surface area contributed by atoms with Crippen molar-refractivity contribution in [3.8, 4) is 0 Å². The average molecular weight is 272 g/mol. The third-order valence-electron chi connectivity index (χ3n) is 2.86. The summed E-state index contributed by atoms with van der Waals surface area (Å²) in [5, 5.41) is 12.9. The first kappa shape index (κ1) is 15.4. The minimum atomic E-state index is -1.07. The van der Waals surface area contributed by atoms with E-state index in [1.807, 2.05) is 0 Å². The molecular weight excluding hydrogens is 252 g/mol. The minimum absolute atomic E-state index is 0.207. The van der Waals surface area contributed by atoms with Gasteiger partial charge in [-0.1, -0.05) is 12.8 Å². The highest BCUT2D eigenvalue weighted by atomic mass is 16.5. The molecule has 1 rings (SSSR count). The molecule has 0 aliphatic heterocycles. The summed E-state index contributed by atoms with van der Waals surface area (Å²) in [7, 11) is 0. The Hall–Kier alpha value is -1.63. The van der Waals surface area contributed by atoms with Crippen LogP contribution in [0, 0.1) is 0 Å². The van der Waals surface area contributed by atoms with E-state index < -0.39 is 17.9 Å². The fourth-order valence-corrected chi connectivity index (χ4v) is 1.90. The molecule has 0 atom stereocenters. The second kappa shape index (κ2) is 8.47. The summed E-state index contributed by atoms with van der Waals surface area (Å²) in [6.07, 6.45) is 4.32. The molecule has 108 valence electrons. The van der Waals surface area contributed by atoms with Crippen molar-refractivity contribution in [1.29, 1.82) is 0 Å². The minimum Gasteiger partial charge on any atom is -0.481 e. The predicted molar refractivity (Wildman–Crippen MR) is 66.6 cm³/mol. The van der Waals surface area contributed by atoms with Gasteiger partial charge in [-0.25, -0.2) is 4.79 Å². The number of ether oxygens (including phenoxy) is 1. The van der Waals surface area contributed by atoms with E-state index in [1.165, 1.54) is 12.8 Å². The van der Waals surface area contributed by atoms with Gasteiger partial charge in [-0.2, -0.15) is 0 Å². The number of carbonyl (C=O) groups excluding carboxylic acids is 2. The number of carboxylic acid groups (broad SMARTS) is 1. The summed E-state index contributed by atoms with van der Waals surface area (Å²) >= 11 is 0. The zero-order chi connectivity index (χ0) is 14.1. The van der Waals surface area contributed by atoms with Gasteiger partial charge >= 0.3 is 12.0 Å². The Balaban J connectivity index is 2.00. The lowest BCUT2D eigenvalue weighted by Crippen LogP contribution is -2.41. The van der Waals surface area contributed by atoms with E-state index in [4.69, 9.17) is 9.84 Å². The van der Waals surface area contributed by atoms with Crippen LogP contribution in [0.1, 0.15) is 38.5 Å². The summed E-state index contributed by atoms with van der Waals surface area (Å²) in [6.45, 7) is 0.746. The summed E-state index contributed by atoms with van der Waals surface area (Å²) in [4.78, 5) is 32.6. The van der Waals surface area contributed by atoms with Crippen LogP contribution in [-0.2, 0) is 14.3 Å². The fraction of sp³-hybridized carbons (Fsp3) is 0.750. The molecule has 7 heteroatoms. The summed E-state index contributed by atoms with van der Waals surface area (Å²) in [6, 6.07) is -0.620. The molecule has 0 aromatic heterocycles. The molecule has 7 nitrogen and oxygen atoms in total. The van der Waals surface area contributed by atoms with Crippen LogP contribution in [0.25, 0.3) is 0 Å². The summed E-state index contributed by atoms with van der Waals surface area (Å²) < 4.78 is 5.53. The third kappa shape index (κ3) is 7.40. The maximum atomic E-state index is 11.2. The second-order valence-electron chi connectivity index (χ2n) is 4.48. The molecule has 0 unspecified atom stereocenters. The van der Waals surface area contributed by atoms with Crippen molar-refractivity contribution in [2.75, 3.05) is 13.2 Å². The number of hydrogen-bond donors (Lipinski definition) is 3. The number of hydrogen-bond acceptors (Lipinski definition) is 4. The predicted octanol–water partition coefficient (Wildman–Crippen LogP) is 0.636. The van der Waals surface area contributed by atoms with Gasteiger partial charge < -0.3 is 15.2 Å². The number of carbonyl (C=O) groups is 3. The van der Waals surface area contributed by atoms with Crippen LogP contribution in [0.5, 0.6) is 0 Å². The first-order valence-electron chi connectivity index (χ1n) is 6.49. The molecule has 3 N–H and O–H groups in total. The van der Waals surface area contributed by atoms with Gasteiger partial charge in [0.05, 0.1) is 19.1 Å². The lowest BCUT2D eigenvalue weighted by molar-refractivity contribution is -0.138. The van der Waals surface area contributed by atoms with Crippen LogP contribution in [0.15, 0.2) is 0 Å². The number of carboxylic acids is 1. The number of rotatable bonds is 7. The van der Waals surface area contributed by atoms with Crippen LogP contribution in [0.4, 0.5) is 4.79 Å². The van der Waals surface area contributed by atoms with Gasteiger partial charge in [0, 0.05) is 13.0 Å². The van der Waals surface area contributed by atoms with Crippen LogP contribution in [-0.4, -0.2) is 42.3 Å². The topological polar surface area (TPSA) is 105 Å². The lowest BCUT2D eigenvalue weighted by atomic mass is 10.3. The third-order valence-corrected chi connectivity index (χ3v) is 2.86. The Morgan fingerprint density at radius 1 is 1.16 bits per heavy atom. The molecule has 0 heterocycles. The molecule has 1 fully saturated rings.